The van der Waals surface area contributed by atoms with Gasteiger partial charge in [0.1, 0.15) is 5.01 Å². The molecule has 0 aliphatic rings. The van der Waals surface area contributed by atoms with Gasteiger partial charge in [0.25, 0.3) is 0 Å². The van der Waals surface area contributed by atoms with Crippen molar-refractivity contribution in [3.05, 3.63) is 47.5 Å². The second-order valence-electron chi connectivity index (χ2n) is 4.26. The molecule has 8 heteroatoms. The lowest BCUT2D eigenvalue weighted by molar-refractivity contribution is 0.968. The van der Waals surface area contributed by atoms with Gasteiger partial charge in [-0.05, 0) is 34.1 Å². The summed E-state index contributed by atoms with van der Waals surface area (Å²) in [5, 5.41) is 13.8. The largest absolute Gasteiger partial charge is 0.264 e. The molecule has 0 amide bonds. The molecule has 0 bridgehead atoms. The molecule has 0 aliphatic heterocycles. The monoisotopic (exact) mass is 358 g/mol. The van der Waals surface area contributed by atoms with E-state index in [0.717, 1.165) is 25.6 Å². The molecule has 21 heavy (non-hydrogen) atoms. The average molecular weight is 359 g/mol. The van der Waals surface area contributed by atoms with E-state index in [-0.39, 0.29) is 0 Å². The molecule has 4 heterocycles. The van der Waals surface area contributed by atoms with E-state index in [2.05, 4.69) is 41.2 Å². The molecule has 0 fully saturated rings. The first-order valence-corrected chi connectivity index (χ1v) is 7.66. The van der Waals surface area contributed by atoms with Gasteiger partial charge in [-0.1, -0.05) is 11.3 Å². The van der Waals surface area contributed by atoms with E-state index in [1.54, 1.807) is 29.3 Å². The fourth-order valence-electron chi connectivity index (χ4n) is 1.94. The van der Waals surface area contributed by atoms with Crippen LogP contribution in [0.15, 0.2) is 47.5 Å². The molecule has 0 saturated carbocycles. The van der Waals surface area contributed by atoms with Crippen LogP contribution in [0.4, 0.5) is 0 Å². The summed E-state index contributed by atoms with van der Waals surface area (Å²) in [6, 6.07) is 5.79. The Kier molecular flexibility index (Phi) is 2.97. The number of pyridine rings is 2. The van der Waals surface area contributed by atoms with Crippen molar-refractivity contribution >= 4 is 32.2 Å². The normalized spacial score (nSPS) is 11.1. The summed E-state index contributed by atoms with van der Waals surface area (Å²) in [5.74, 6) is 0.671. The van der Waals surface area contributed by atoms with Crippen LogP contribution in [0.25, 0.3) is 26.9 Å². The number of halogens is 1. The predicted octanol–water partition coefficient (Wildman–Crippen LogP) is 3.07. The highest BCUT2D eigenvalue weighted by atomic mass is 79.9. The highest BCUT2D eigenvalue weighted by molar-refractivity contribution is 9.10. The predicted molar refractivity (Wildman–Crippen MR) is 82.8 cm³/mol. The minimum Gasteiger partial charge on any atom is -0.264 e. The molecule has 4 rings (SSSR count). The number of rotatable bonds is 2. The van der Waals surface area contributed by atoms with Crippen molar-refractivity contribution in [3.8, 4) is 22.0 Å². The van der Waals surface area contributed by atoms with E-state index in [1.165, 1.54) is 11.3 Å². The van der Waals surface area contributed by atoms with E-state index in [9.17, 15) is 0 Å². The molecule has 0 N–H and O–H groups in total. The molecule has 0 radical (unpaired) electrons. The lowest BCUT2D eigenvalue weighted by atomic mass is 10.3. The van der Waals surface area contributed by atoms with Gasteiger partial charge in [0.15, 0.2) is 5.82 Å². The minimum atomic E-state index is 0.671. The van der Waals surface area contributed by atoms with Crippen LogP contribution in [0.1, 0.15) is 0 Å². The first kappa shape index (κ1) is 12.5. The SMILES string of the molecule is Brc1cncc(-c2nnc3sc(-c4cccnc4)nn23)c1. The number of aromatic nitrogens is 6. The third kappa shape index (κ3) is 2.22. The Morgan fingerprint density at radius 1 is 1.05 bits per heavy atom. The highest BCUT2D eigenvalue weighted by Gasteiger charge is 2.14. The molecule has 6 nitrogen and oxygen atoms in total. The molecule has 0 unspecified atom stereocenters. The first-order chi connectivity index (χ1) is 10.3. The lowest BCUT2D eigenvalue weighted by Gasteiger charge is -1.97. The van der Waals surface area contributed by atoms with Gasteiger partial charge in [-0.3, -0.25) is 9.97 Å². The smallest absolute Gasteiger partial charge is 0.235 e. The van der Waals surface area contributed by atoms with E-state index >= 15 is 0 Å². The zero-order valence-electron chi connectivity index (χ0n) is 10.5. The van der Waals surface area contributed by atoms with Crippen molar-refractivity contribution in [3.63, 3.8) is 0 Å². The maximum atomic E-state index is 4.58. The molecule has 0 atom stereocenters. The van der Waals surface area contributed by atoms with Crippen LogP contribution in [0.3, 0.4) is 0 Å². The Morgan fingerprint density at radius 3 is 2.76 bits per heavy atom. The van der Waals surface area contributed by atoms with E-state index in [0.29, 0.717) is 5.82 Å². The van der Waals surface area contributed by atoms with Crippen LogP contribution in [0, 0.1) is 0 Å². The molecule has 4 aromatic rings. The molecule has 4 aromatic heterocycles. The zero-order chi connectivity index (χ0) is 14.2. The minimum absolute atomic E-state index is 0.671. The number of hydrogen-bond donors (Lipinski definition) is 0. The van der Waals surface area contributed by atoms with Crippen molar-refractivity contribution in [2.45, 2.75) is 0 Å². The molecule has 0 aliphatic carbocycles. The van der Waals surface area contributed by atoms with Gasteiger partial charge in [0.05, 0.1) is 0 Å². The van der Waals surface area contributed by atoms with Gasteiger partial charge in [-0.2, -0.15) is 9.61 Å². The summed E-state index contributed by atoms with van der Waals surface area (Å²) >= 11 is 4.88. The summed E-state index contributed by atoms with van der Waals surface area (Å²) in [4.78, 5) is 9.00. The molecule has 0 aromatic carbocycles. The topological polar surface area (TPSA) is 68.9 Å². The third-order valence-corrected chi connectivity index (χ3v) is 4.24. The lowest BCUT2D eigenvalue weighted by Crippen LogP contribution is -1.91. The zero-order valence-corrected chi connectivity index (χ0v) is 12.9. The average Bonchev–Trinajstić information content (AvgIpc) is 3.08. The van der Waals surface area contributed by atoms with Gasteiger partial charge in [-0.25, -0.2) is 0 Å². The molecular formula is C13H7BrN6S. The molecule has 0 spiro atoms. The molecular weight excluding hydrogens is 352 g/mol. The fourth-order valence-corrected chi connectivity index (χ4v) is 3.13. The summed E-state index contributed by atoms with van der Waals surface area (Å²) in [6.45, 7) is 0. The summed E-state index contributed by atoms with van der Waals surface area (Å²) in [5.41, 5.74) is 1.83. The Labute approximate surface area is 131 Å². The van der Waals surface area contributed by atoms with Crippen LogP contribution < -0.4 is 0 Å². The van der Waals surface area contributed by atoms with Gasteiger partial charge < -0.3 is 0 Å². The van der Waals surface area contributed by atoms with Gasteiger partial charge in [0, 0.05) is 40.4 Å². The second kappa shape index (κ2) is 4.97. The molecule has 102 valence electrons. The van der Waals surface area contributed by atoms with Crippen LogP contribution in [-0.4, -0.2) is 29.8 Å². The van der Waals surface area contributed by atoms with Crippen LogP contribution >= 0.6 is 27.3 Å². The Balaban J connectivity index is 1.87. The summed E-state index contributed by atoms with van der Waals surface area (Å²) in [7, 11) is 0. The standard InChI is InChI=1S/C13H7BrN6S/c14-10-4-9(6-16-7-10)11-17-18-13-20(11)19-12(21-13)8-2-1-3-15-5-8/h1-7H. The third-order valence-electron chi connectivity index (χ3n) is 2.86. The summed E-state index contributed by atoms with van der Waals surface area (Å²) < 4.78 is 2.62. The van der Waals surface area contributed by atoms with Crippen molar-refractivity contribution in [1.29, 1.82) is 0 Å². The second-order valence-corrected chi connectivity index (χ2v) is 6.13. The Morgan fingerprint density at radius 2 is 1.95 bits per heavy atom. The van der Waals surface area contributed by atoms with Crippen LogP contribution in [0.5, 0.6) is 0 Å². The quantitative estimate of drug-likeness (QED) is 0.550. The fraction of sp³-hybridized carbons (Fsp3) is 0. The van der Waals surface area contributed by atoms with Crippen molar-refractivity contribution in [2.75, 3.05) is 0 Å². The maximum Gasteiger partial charge on any atom is 0.235 e. The summed E-state index contributed by atoms with van der Waals surface area (Å²) in [6.07, 6.45) is 6.99. The molecule has 0 saturated heterocycles. The van der Waals surface area contributed by atoms with Crippen molar-refractivity contribution in [1.82, 2.24) is 29.8 Å². The number of hydrogen-bond acceptors (Lipinski definition) is 6. The highest BCUT2D eigenvalue weighted by Crippen LogP contribution is 2.27. The van der Waals surface area contributed by atoms with Crippen molar-refractivity contribution in [2.24, 2.45) is 0 Å². The van der Waals surface area contributed by atoms with E-state index < -0.39 is 0 Å². The van der Waals surface area contributed by atoms with Crippen LogP contribution in [-0.2, 0) is 0 Å². The van der Waals surface area contributed by atoms with Gasteiger partial charge >= 0.3 is 0 Å². The van der Waals surface area contributed by atoms with Gasteiger partial charge in [-0.15, -0.1) is 10.2 Å². The Hall–Kier alpha value is -2.19. The van der Waals surface area contributed by atoms with Crippen molar-refractivity contribution < 1.29 is 0 Å². The maximum absolute atomic E-state index is 4.58. The number of fused-ring (bicyclic) bond motifs is 1. The van der Waals surface area contributed by atoms with E-state index in [1.807, 2.05) is 18.2 Å². The van der Waals surface area contributed by atoms with Crippen LogP contribution in [0.2, 0.25) is 0 Å². The Bertz CT molecular complexity index is 917. The first-order valence-electron chi connectivity index (χ1n) is 6.05. The number of nitrogens with zero attached hydrogens (tertiary/aromatic N) is 6. The van der Waals surface area contributed by atoms with Gasteiger partial charge in [0.2, 0.25) is 4.96 Å². The van der Waals surface area contributed by atoms with E-state index in [4.69, 9.17) is 0 Å².